The fourth-order valence-corrected chi connectivity index (χ4v) is 1.81. The molecule has 0 spiro atoms. The van der Waals surface area contributed by atoms with Crippen molar-refractivity contribution in [3.63, 3.8) is 0 Å². The Hall–Kier alpha value is -2.04. The Kier molecular flexibility index (Phi) is 2.02. The van der Waals surface area contributed by atoms with Crippen LogP contribution in [0.3, 0.4) is 0 Å². The Labute approximate surface area is 93.1 Å². The van der Waals surface area contributed by atoms with Gasteiger partial charge in [0, 0.05) is 13.2 Å². The molecule has 0 bridgehead atoms. The minimum absolute atomic E-state index is 0.658. The Morgan fingerprint density at radius 2 is 2.38 bits per heavy atom. The fourth-order valence-electron chi connectivity index (χ4n) is 1.81. The zero-order valence-electron chi connectivity index (χ0n) is 8.97. The van der Waals surface area contributed by atoms with Crippen molar-refractivity contribution in [2.45, 2.75) is 0 Å². The first kappa shape index (κ1) is 9.21. The van der Waals surface area contributed by atoms with E-state index in [0.717, 1.165) is 23.9 Å². The summed E-state index contributed by atoms with van der Waals surface area (Å²) in [5.41, 5.74) is 0.852. The summed E-state index contributed by atoms with van der Waals surface area (Å²) in [7, 11) is 1.96. The number of aromatic nitrogens is 3. The van der Waals surface area contributed by atoms with Crippen LogP contribution in [0.5, 0.6) is 5.88 Å². The highest BCUT2D eigenvalue weighted by Gasteiger charge is 2.20. The van der Waals surface area contributed by atoms with E-state index in [1.807, 2.05) is 29.8 Å². The van der Waals surface area contributed by atoms with Crippen LogP contribution >= 0.6 is 0 Å². The van der Waals surface area contributed by atoms with Crippen LogP contribution in [-0.4, -0.2) is 27.7 Å². The number of nitrogens with one attached hydrogen (secondary N) is 1. The zero-order valence-corrected chi connectivity index (χ0v) is 8.97. The number of rotatable bonds is 1. The van der Waals surface area contributed by atoms with Gasteiger partial charge in [-0.2, -0.15) is 4.98 Å². The van der Waals surface area contributed by atoms with Crippen LogP contribution in [0.25, 0.3) is 11.5 Å². The van der Waals surface area contributed by atoms with Crippen molar-refractivity contribution in [3.8, 4) is 17.4 Å². The van der Waals surface area contributed by atoms with Gasteiger partial charge >= 0.3 is 0 Å². The molecule has 1 aliphatic rings. The van der Waals surface area contributed by atoms with Gasteiger partial charge in [-0.05, 0) is 12.1 Å². The number of anilines is 1. The summed E-state index contributed by atoms with van der Waals surface area (Å²) in [6, 6.07) is 5.78. The summed E-state index contributed by atoms with van der Waals surface area (Å²) >= 11 is 0. The third-order valence-corrected chi connectivity index (χ3v) is 2.59. The number of pyridine rings is 1. The minimum atomic E-state index is 0.658. The molecule has 0 unspecified atom stereocenters. The predicted molar refractivity (Wildman–Crippen MR) is 60.4 cm³/mol. The van der Waals surface area contributed by atoms with Gasteiger partial charge in [-0.25, -0.2) is 0 Å². The van der Waals surface area contributed by atoms with Crippen molar-refractivity contribution in [1.82, 2.24) is 14.5 Å². The maximum Gasteiger partial charge on any atom is 0.257 e. The van der Waals surface area contributed by atoms with E-state index in [-0.39, 0.29) is 0 Å². The highest BCUT2D eigenvalue weighted by molar-refractivity contribution is 5.61. The number of hydrogen-bond donors (Lipinski definition) is 1. The van der Waals surface area contributed by atoms with Gasteiger partial charge in [0.15, 0.2) is 11.6 Å². The predicted octanol–water partition coefficient (Wildman–Crippen LogP) is 1.29. The average molecular weight is 216 g/mol. The molecule has 3 rings (SSSR count). The molecule has 0 aromatic carbocycles. The van der Waals surface area contributed by atoms with E-state index >= 15 is 0 Å². The number of imidazole rings is 1. The Bertz CT molecular complexity index is 506. The molecule has 3 heterocycles. The maximum atomic E-state index is 5.48. The Balaban J connectivity index is 2.12. The van der Waals surface area contributed by atoms with Crippen molar-refractivity contribution in [1.29, 1.82) is 0 Å². The lowest BCUT2D eigenvalue weighted by molar-refractivity contribution is 0.311. The summed E-state index contributed by atoms with van der Waals surface area (Å²) in [4.78, 5) is 8.72. The van der Waals surface area contributed by atoms with E-state index < -0.39 is 0 Å². The average Bonchev–Trinajstić information content (AvgIpc) is 2.69. The molecule has 1 N–H and O–H groups in total. The van der Waals surface area contributed by atoms with Crippen molar-refractivity contribution in [2.24, 2.45) is 7.05 Å². The van der Waals surface area contributed by atoms with Gasteiger partial charge in [0.25, 0.3) is 5.88 Å². The van der Waals surface area contributed by atoms with Crippen LogP contribution in [0.1, 0.15) is 0 Å². The lowest BCUT2D eigenvalue weighted by Gasteiger charge is -2.14. The van der Waals surface area contributed by atoms with Gasteiger partial charge in [-0.1, -0.05) is 6.07 Å². The summed E-state index contributed by atoms with van der Waals surface area (Å²) in [5, 5.41) is 3.27. The van der Waals surface area contributed by atoms with E-state index in [4.69, 9.17) is 4.74 Å². The molecule has 82 valence electrons. The molecule has 0 radical (unpaired) electrons. The third kappa shape index (κ3) is 1.32. The Morgan fingerprint density at radius 1 is 1.44 bits per heavy atom. The quantitative estimate of drug-likeness (QED) is 0.780. The SMILES string of the molecule is Cn1c(-c2ccccn2)nc2c1NCCO2. The molecule has 1 aliphatic heterocycles. The van der Waals surface area contributed by atoms with Gasteiger partial charge < -0.3 is 14.6 Å². The van der Waals surface area contributed by atoms with E-state index in [9.17, 15) is 0 Å². The van der Waals surface area contributed by atoms with E-state index in [2.05, 4.69) is 15.3 Å². The zero-order chi connectivity index (χ0) is 11.0. The lowest BCUT2D eigenvalue weighted by atomic mass is 10.3. The second kappa shape index (κ2) is 3.52. The van der Waals surface area contributed by atoms with Crippen LogP contribution in [0.4, 0.5) is 5.82 Å². The first-order valence-electron chi connectivity index (χ1n) is 5.21. The summed E-state index contributed by atoms with van der Waals surface area (Å²) < 4.78 is 7.45. The maximum absolute atomic E-state index is 5.48. The molecular formula is C11H12N4O. The van der Waals surface area contributed by atoms with Crippen LogP contribution in [-0.2, 0) is 7.05 Å². The van der Waals surface area contributed by atoms with Crippen molar-refractivity contribution in [3.05, 3.63) is 24.4 Å². The molecule has 0 saturated heterocycles. The van der Waals surface area contributed by atoms with E-state index in [0.29, 0.717) is 12.5 Å². The van der Waals surface area contributed by atoms with Gasteiger partial charge in [-0.15, -0.1) is 0 Å². The second-order valence-corrected chi connectivity index (χ2v) is 3.64. The highest BCUT2D eigenvalue weighted by atomic mass is 16.5. The topological polar surface area (TPSA) is 52.0 Å². The van der Waals surface area contributed by atoms with Crippen molar-refractivity contribution < 1.29 is 4.74 Å². The summed E-state index contributed by atoms with van der Waals surface area (Å²) in [5.74, 6) is 2.40. The molecule has 2 aromatic rings. The third-order valence-electron chi connectivity index (χ3n) is 2.59. The lowest BCUT2D eigenvalue weighted by Crippen LogP contribution is -2.19. The standard InChI is InChI=1S/C11H12N4O/c1-15-9(8-4-2-3-5-12-8)14-11-10(15)13-6-7-16-11/h2-5,13H,6-7H2,1H3. The van der Waals surface area contributed by atoms with Gasteiger partial charge in [0.05, 0.1) is 6.54 Å². The first-order valence-corrected chi connectivity index (χ1v) is 5.21. The highest BCUT2D eigenvalue weighted by Crippen LogP contribution is 2.30. The molecule has 0 saturated carbocycles. The fraction of sp³-hybridized carbons (Fsp3) is 0.273. The van der Waals surface area contributed by atoms with Crippen LogP contribution in [0.2, 0.25) is 0 Å². The Morgan fingerprint density at radius 3 is 3.12 bits per heavy atom. The number of fused-ring (bicyclic) bond motifs is 1. The van der Waals surface area contributed by atoms with E-state index in [1.165, 1.54) is 0 Å². The summed E-state index contributed by atoms with van der Waals surface area (Å²) in [6.07, 6.45) is 1.76. The monoisotopic (exact) mass is 216 g/mol. The van der Waals surface area contributed by atoms with Crippen LogP contribution in [0, 0.1) is 0 Å². The molecule has 16 heavy (non-hydrogen) atoms. The smallest absolute Gasteiger partial charge is 0.257 e. The molecule has 5 heteroatoms. The molecule has 0 atom stereocenters. The normalized spacial score (nSPS) is 13.8. The van der Waals surface area contributed by atoms with Gasteiger partial charge in [0.2, 0.25) is 0 Å². The molecule has 0 amide bonds. The largest absolute Gasteiger partial charge is 0.473 e. The van der Waals surface area contributed by atoms with Gasteiger partial charge in [0.1, 0.15) is 12.3 Å². The molecule has 0 fully saturated rings. The van der Waals surface area contributed by atoms with Crippen LogP contribution < -0.4 is 10.1 Å². The number of hydrogen-bond acceptors (Lipinski definition) is 4. The van der Waals surface area contributed by atoms with Crippen LogP contribution in [0.15, 0.2) is 24.4 Å². The number of nitrogens with zero attached hydrogens (tertiary/aromatic N) is 3. The number of ether oxygens (including phenoxy) is 1. The minimum Gasteiger partial charge on any atom is -0.473 e. The molecule has 5 nitrogen and oxygen atoms in total. The van der Waals surface area contributed by atoms with E-state index in [1.54, 1.807) is 6.20 Å². The molecular weight excluding hydrogens is 204 g/mol. The first-order chi connectivity index (χ1) is 7.86. The molecule has 0 aliphatic carbocycles. The van der Waals surface area contributed by atoms with Crippen molar-refractivity contribution in [2.75, 3.05) is 18.5 Å². The second-order valence-electron chi connectivity index (χ2n) is 3.64. The molecule has 2 aromatic heterocycles. The van der Waals surface area contributed by atoms with Gasteiger partial charge in [-0.3, -0.25) is 4.98 Å². The summed E-state index contributed by atoms with van der Waals surface area (Å²) in [6.45, 7) is 1.47. The van der Waals surface area contributed by atoms with Crippen molar-refractivity contribution >= 4 is 5.82 Å².